The van der Waals surface area contributed by atoms with Crippen molar-refractivity contribution in [1.82, 2.24) is 5.43 Å². The molecule has 2 rings (SSSR count). The number of phenolic OH excluding ortho intramolecular Hbond substituents is 1. The van der Waals surface area contributed by atoms with Crippen molar-refractivity contribution in [2.24, 2.45) is 5.18 Å². The average Bonchev–Trinajstić information content (AvgIpc) is 2.58. The molecule has 0 aliphatic carbocycles. The van der Waals surface area contributed by atoms with Crippen LogP contribution in [0.5, 0.6) is 5.75 Å². The molecule has 0 aliphatic rings. The van der Waals surface area contributed by atoms with E-state index in [9.17, 15) is 14.8 Å². The maximum atomic E-state index is 11.8. The van der Waals surface area contributed by atoms with Crippen LogP contribution in [-0.4, -0.2) is 29.2 Å². The lowest BCUT2D eigenvalue weighted by Crippen LogP contribution is -2.82. The quantitative estimate of drug-likeness (QED) is 0.324. The number of hydrazone groups is 1. The molecule has 5 N–H and O–H groups in total. The monoisotopic (exact) mass is 408 g/mol. The summed E-state index contributed by atoms with van der Waals surface area (Å²) in [7, 11) is 0. The van der Waals surface area contributed by atoms with E-state index in [4.69, 9.17) is 0 Å². The molecule has 0 spiro atoms. The second kappa shape index (κ2) is 9.50. The maximum absolute atomic E-state index is 11.8. The predicted molar refractivity (Wildman–Crippen MR) is 97.1 cm³/mol. The fourth-order valence-electron chi connectivity index (χ4n) is 1.86. The van der Waals surface area contributed by atoms with Gasteiger partial charge in [0.05, 0.1) is 16.6 Å². The third kappa shape index (κ3) is 5.98. The SMILES string of the molecule is Cc1ccc(NCC(=O)N/[NH+]=C/c2cc(N=O)cc(Br)c2O)cc1.[OH-]. The lowest BCUT2D eigenvalue weighted by Gasteiger charge is -2.04. The largest absolute Gasteiger partial charge is 0.870 e. The van der Waals surface area contributed by atoms with Crippen LogP contribution in [0, 0.1) is 11.8 Å². The van der Waals surface area contributed by atoms with E-state index in [2.05, 4.69) is 37.0 Å². The number of nitrogens with one attached hydrogen (secondary N) is 3. The smallest absolute Gasteiger partial charge is 0.293 e. The van der Waals surface area contributed by atoms with Gasteiger partial charge < -0.3 is 15.9 Å². The second-order valence-corrected chi connectivity index (χ2v) is 5.87. The van der Waals surface area contributed by atoms with Crippen molar-refractivity contribution >= 4 is 39.4 Å². The molecule has 2 aromatic carbocycles. The van der Waals surface area contributed by atoms with Gasteiger partial charge in [-0.25, -0.2) is 0 Å². The van der Waals surface area contributed by atoms with E-state index < -0.39 is 0 Å². The summed E-state index contributed by atoms with van der Waals surface area (Å²) in [5.74, 6) is -0.364. The summed E-state index contributed by atoms with van der Waals surface area (Å²) < 4.78 is 0.333. The molecule has 0 heterocycles. The van der Waals surface area contributed by atoms with Gasteiger partial charge in [0.2, 0.25) is 6.21 Å². The van der Waals surface area contributed by atoms with Gasteiger partial charge in [-0.3, -0.25) is 4.79 Å². The number of aryl methyl sites for hydroxylation is 1. The fraction of sp³-hybridized carbons (Fsp3) is 0.125. The molecule has 132 valence electrons. The zero-order chi connectivity index (χ0) is 17.5. The number of hydrazine groups is 1. The van der Waals surface area contributed by atoms with Crippen molar-refractivity contribution in [3.05, 3.63) is 56.9 Å². The number of nitrogens with zero attached hydrogens (tertiary/aromatic N) is 1. The molecular weight excluding hydrogens is 392 g/mol. The van der Waals surface area contributed by atoms with E-state index in [1.165, 1.54) is 18.3 Å². The highest BCUT2D eigenvalue weighted by Crippen LogP contribution is 2.31. The zero-order valence-electron chi connectivity index (χ0n) is 13.3. The van der Waals surface area contributed by atoms with E-state index in [-0.39, 0.29) is 29.4 Å². The second-order valence-electron chi connectivity index (χ2n) is 5.01. The highest BCUT2D eigenvalue weighted by atomic mass is 79.9. The van der Waals surface area contributed by atoms with Crippen molar-refractivity contribution < 1.29 is 20.5 Å². The summed E-state index contributed by atoms with van der Waals surface area (Å²) in [4.78, 5) is 22.3. The van der Waals surface area contributed by atoms with Gasteiger partial charge in [0, 0.05) is 5.69 Å². The molecule has 2 aromatic rings. The number of nitroso groups, excluding NO2 is 1. The molecule has 0 saturated heterocycles. The van der Waals surface area contributed by atoms with Crippen LogP contribution >= 0.6 is 15.9 Å². The van der Waals surface area contributed by atoms with E-state index in [1.807, 2.05) is 31.2 Å². The van der Waals surface area contributed by atoms with E-state index in [1.54, 1.807) is 0 Å². The Labute approximate surface area is 152 Å². The molecule has 0 bridgehead atoms. The molecule has 1 amide bonds. The van der Waals surface area contributed by atoms with Gasteiger partial charge in [-0.1, -0.05) is 17.7 Å². The molecule has 0 fully saturated rings. The maximum Gasteiger partial charge on any atom is 0.293 e. The lowest BCUT2D eigenvalue weighted by molar-refractivity contribution is -0.505. The van der Waals surface area contributed by atoms with Crippen LogP contribution in [0.15, 0.2) is 46.0 Å². The van der Waals surface area contributed by atoms with E-state index in [0.29, 0.717) is 10.0 Å². The first-order chi connectivity index (χ1) is 11.5. The highest BCUT2D eigenvalue weighted by molar-refractivity contribution is 9.10. The molecular formula is C16H17BrN4O4. The van der Waals surface area contributed by atoms with Crippen molar-refractivity contribution in [2.75, 3.05) is 11.9 Å². The molecule has 9 heteroatoms. The summed E-state index contributed by atoms with van der Waals surface area (Å²) in [6.45, 7) is 2.06. The third-order valence-corrected chi connectivity index (χ3v) is 3.73. The Morgan fingerprint density at radius 2 is 2.00 bits per heavy atom. The Balaban J connectivity index is 0.00000312. The number of hydrogen-bond donors (Lipinski definition) is 4. The number of aromatic hydroxyl groups is 1. The van der Waals surface area contributed by atoms with Crippen molar-refractivity contribution in [2.45, 2.75) is 6.92 Å². The van der Waals surface area contributed by atoms with Crippen LogP contribution in [0.4, 0.5) is 11.4 Å². The Morgan fingerprint density at radius 1 is 1.32 bits per heavy atom. The summed E-state index contributed by atoms with van der Waals surface area (Å²) in [6.07, 6.45) is 1.36. The van der Waals surface area contributed by atoms with Crippen LogP contribution in [-0.2, 0) is 4.79 Å². The van der Waals surface area contributed by atoms with Crippen molar-refractivity contribution in [3.8, 4) is 5.75 Å². The molecule has 0 saturated carbocycles. The van der Waals surface area contributed by atoms with Gasteiger partial charge >= 0.3 is 0 Å². The number of carbonyl (C=O) groups is 1. The van der Waals surface area contributed by atoms with Gasteiger partial charge in [-0.05, 0) is 52.3 Å². The minimum absolute atomic E-state index is 0. The molecule has 0 aromatic heterocycles. The normalized spacial score (nSPS) is 10.2. The summed E-state index contributed by atoms with van der Waals surface area (Å²) in [6, 6.07) is 10.4. The van der Waals surface area contributed by atoms with E-state index in [0.717, 1.165) is 11.3 Å². The van der Waals surface area contributed by atoms with E-state index >= 15 is 0 Å². The highest BCUT2D eigenvalue weighted by Gasteiger charge is 2.10. The Hall–Kier alpha value is -2.78. The van der Waals surface area contributed by atoms with Gasteiger partial charge in [0.1, 0.15) is 11.4 Å². The minimum Gasteiger partial charge on any atom is -0.870 e. The van der Waals surface area contributed by atoms with Crippen LogP contribution in [0.2, 0.25) is 0 Å². The van der Waals surface area contributed by atoms with Crippen LogP contribution in [0.3, 0.4) is 0 Å². The van der Waals surface area contributed by atoms with Crippen LogP contribution < -0.4 is 15.8 Å². The standard InChI is InChI=1S/C16H15BrN4O3.H2O/c1-10-2-4-12(5-3-10)18-9-15(22)20-19-8-11-6-13(21-24)7-14(17)16(11)23;/h2-8,18,23H,9H2,1H3,(H,20,22);1H2/b19-8+;. The van der Waals surface area contributed by atoms with Gasteiger partial charge in [-0.15, -0.1) is 15.4 Å². The molecule has 0 radical (unpaired) electrons. The number of anilines is 1. The van der Waals surface area contributed by atoms with Crippen molar-refractivity contribution in [3.63, 3.8) is 0 Å². The summed E-state index contributed by atoms with van der Waals surface area (Å²) in [5, 5.41) is 18.2. The number of rotatable bonds is 6. The molecule has 0 unspecified atom stereocenters. The number of hydrogen-bond acceptors (Lipinski definition) is 6. The number of carbonyl (C=O) groups excluding carboxylic acids is 1. The van der Waals surface area contributed by atoms with Crippen molar-refractivity contribution in [1.29, 1.82) is 0 Å². The number of benzene rings is 2. The summed E-state index contributed by atoms with van der Waals surface area (Å²) >= 11 is 3.12. The third-order valence-electron chi connectivity index (χ3n) is 3.13. The minimum atomic E-state index is -0.296. The molecule has 0 aliphatic heterocycles. The lowest BCUT2D eigenvalue weighted by atomic mass is 10.2. The first-order valence-electron chi connectivity index (χ1n) is 7.03. The predicted octanol–water partition coefficient (Wildman–Crippen LogP) is 1.33. The van der Waals surface area contributed by atoms with Gasteiger partial charge in [0.15, 0.2) is 0 Å². The fourth-order valence-corrected chi connectivity index (χ4v) is 2.32. The number of halogens is 1. The Bertz CT molecular complexity index is 778. The van der Waals surface area contributed by atoms with Gasteiger partial charge in [-0.2, -0.15) is 0 Å². The first-order valence-corrected chi connectivity index (χ1v) is 7.83. The van der Waals surface area contributed by atoms with Crippen LogP contribution in [0.25, 0.3) is 0 Å². The summed E-state index contributed by atoms with van der Waals surface area (Å²) in [5.41, 5.74) is 4.90. The van der Waals surface area contributed by atoms with Crippen LogP contribution in [0.1, 0.15) is 11.1 Å². The topological polar surface area (TPSA) is 135 Å². The Morgan fingerprint density at radius 3 is 2.64 bits per heavy atom. The van der Waals surface area contributed by atoms with Gasteiger partial charge in [0.25, 0.3) is 5.91 Å². The number of amides is 1. The average molecular weight is 409 g/mol. The number of phenols is 1. The first kappa shape index (κ1) is 20.3. The molecule has 0 atom stereocenters. The Kier molecular flexibility index (Phi) is 7.70. The molecule has 8 nitrogen and oxygen atoms in total. The molecule has 25 heavy (non-hydrogen) atoms. The zero-order valence-corrected chi connectivity index (χ0v) is 14.9.